The maximum absolute atomic E-state index is 11.2. The van der Waals surface area contributed by atoms with E-state index in [1.807, 2.05) is 0 Å². The molecule has 5 heteroatoms. The van der Waals surface area contributed by atoms with Crippen molar-refractivity contribution < 1.29 is 19.4 Å². The van der Waals surface area contributed by atoms with Crippen molar-refractivity contribution in [3.8, 4) is 0 Å². The number of carboxylic acid groups (broad SMARTS) is 1. The lowest BCUT2D eigenvalue weighted by molar-refractivity contribution is -0.143. The smallest absolute Gasteiger partial charge is 0.306 e. The van der Waals surface area contributed by atoms with Crippen molar-refractivity contribution in [1.29, 1.82) is 0 Å². The van der Waals surface area contributed by atoms with Crippen LogP contribution in [0.2, 0.25) is 0 Å². The number of thiocarbonyl (C=S) groups is 1. The van der Waals surface area contributed by atoms with E-state index >= 15 is 0 Å². The van der Waals surface area contributed by atoms with Gasteiger partial charge >= 0.3 is 5.97 Å². The van der Waals surface area contributed by atoms with Crippen molar-refractivity contribution in [2.24, 2.45) is 0 Å². The first-order valence-electron chi connectivity index (χ1n) is 8.05. The summed E-state index contributed by atoms with van der Waals surface area (Å²) in [5.41, 5.74) is -0.958. The number of carbonyl (C=O) groups is 1. The second-order valence-electron chi connectivity index (χ2n) is 5.36. The lowest BCUT2D eigenvalue weighted by atomic mass is 9.93. The molecule has 21 heavy (non-hydrogen) atoms. The van der Waals surface area contributed by atoms with Gasteiger partial charge in [-0.15, -0.1) is 0 Å². The highest BCUT2D eigenvalue weighted by molar-refractivity contribution is 7.80. The van der Waals surface area contributed by atoms with Gasteiger partial charge in [0.15, 0.2) is 5.05 Å². The Labute approximate surface area is 134 Å². The molecule has 0 aromatic carbocycles. The monoisotopic (exact) mass is 318 g/mol. The largest absolute Gasteiger partial charge is 0.484 e. The van der Waals surface area contributed by atoms with Gasteiger partial charge in [0, 0.05) is 6.61 Å². The van der Waals surface area contributed by atoms with Crippen molar-refractivity contribution in [1.82, 2.24) is 0 Å². The van der Waals surface area contributed by atoms with Gasteiger partial charge in [0.2, 0.25) is 0 Å². The summed E-state index contributed by atoms with van der Waals surface area (Å²) in [5.74, 6) is -0.899. The van der Waals surface area contributed by atoms with Crippen LogP contribution in [-0.4, -0.2) is 34.9 Å². The van der Waals surface area contributed by atoms with Gasteiger partial charge in [0.25, 0.3) is 0 Å². The van der Waals surface area contributed by atoms with E-state index in [2.05, 4.69) is 20.8 Å². The Morgan fingerprint density at radius 3 is 2.14 bits per heavy atom. The molecule has 0 bridgehead atoms. The minimum Gasteiger partial charge on any atom is -0.484 e. The molecule has 0 aliphatic rings. The molecule has 0 aliphatic carbocycles. The van der Waals surface area contributed by atoms with Crippen LogP contribution in [0.1, 0.15) is 72.1 Å². The van der Waals surface area contributed by atoms with Crippen molar-refractivity contribution in [2.75, 3.05) is 13.2 Å². The van der Waals surface area contributed by atoms with E-state index in [9.17, 15) is 9.90 Å². The minimum absolute atomic E-state index is 0.123. The summed E-state index contributed by atoms with van der Waals surface area (Å²) in [6.45, 7) is 7.26. The topological polar surface area (TPSA) is 55.8 Å². The number of ether oxygens (including phenoxy) is 2. The van der Waals surface area contributed by atoms with Gasteiger partial charge in [-0.3, -0.25) is 4.79 Å². The fourth-order valence-electron chi connectivity index (χ4n) is 2.00. The maximum Gasteiger partial charge on any atom is 0.306 e. The highest BCUT2D eigenvalue weighted by Gasteiger charge is 2.39. The Hall–Kier alpha value is -0.680. The summed E-state index contributed by atoms with van der Waals surface area (Å²) in [7, 11) is 0. The van der Waals surface area contributed by atoms with Gasteiger partial charge in [-0.2, -0.15) is 0 Å². The molecular weight excluding hydrogens is 288 g/mol. The number of hydrogen-bond donors (Lipinski definition) is 1. The molecule has 0 aliphatic heterocycles. The molecule has 4 nitrogen and oxygen atoms in total. The number of carboxylic acids is 1. The van der Waals surface area contributed by atoms with Crippen LogP contribution in [0.5, 0.6) is 0 Å². The van der Waals surface area contributed by atoms with Crippen LogP contribution in [-0.2, 0) is 14.3 Å². The average Bonchev–Trinajstić information content (AvgIpc) is 2.44. The highest BCUT2D eigenvalue weighted by atomic mass is 32.1. The van der Waals surface area contributed by atoms with E-state index in [1.165, 1.54) is 0 Å². The molecule has 0 rings (SSSR count). The third-order valence-electron chi connectivity index (χ3n) is 3.35. The molecule has 0 spiro atoms. The van der Waals surface area contributed by atoms with Crippen LogP contribution in [0.25, 0.3) is 0 Å². The maximum atomic E-state index is 11.2. The summed E-state index contributed by atoms with van der Waals surface area (Å²) in [6.07, 6.45) is 6.14. The third kappa shape index (κ3) is 8.37. The Morgan fingerprint density at radius 1 is 1.05 bits per heavy atom. The van der Waals surface area contributed by atoms with E-state index in [0.717, 1.165) is 38.5 Å². The molecule has 0 radical (unpaired) electrons. The summed E-state index contributed by atoms with van der Waals surface area (Å²) in [5, 5.41) is 9.54. The van der Waals surface area contributed by atoms with E-state index < -0.39 is 11.6 Å². The highest BCUT2D eigenvalue weighted by Crippen LogP contribution is 2.27. The predicted octanol–water partition coefficient (Wildman–Crippen LogP) is 4.35. The standard InChI is InChI=1S/C16H30O4S/c1-4-7-10-16(13-14(17)18,20-12-9-6-3)15(21)19-11-8-5-2/h4-13H2,1-3H3,(H,17,18). The van der Waals surface area contributed by atoms with Crippen LogP contribution < -0.4 is 0 Å². The normalized spacial score (nSPS) is 13.7. The lowest BCUT2D eigenvalue weighted by Crippen LogP contribution is -2.44. The van der Waals surface area contributed by atoms with Gasteiger partial charge in [-0.25, -0.2) is 0 Å². The SMILES string of the molecule is CCCCOC(=S)C(CCCC)(CC(=O)O)OCCCC. The van der Waals surface area contributed by atoms with Crippen LogP contribution in [0.15, 0.2) is 0 Å². The molecule has 1 unspecified atom stereocenters. The fourth-order valence-corrected chi connectivity index (χ4v) is 2.32. The van der Waals surface area contributed by atoms with Gasteiger partial charge in [0.05, 0.1) is 13.0 Å². The zero-order valence-electron chi connectivity index (χ0n) is 13.7. The predicted molar refractivity (Wildman–Crippen MR) is 88.8 cm³/mol. The molecule has 0 aromatic heterocycles. The Kier molecular flexibility index (Phi) is 11.5. The zero-order valence-corrected chi connectivity index (χ0v) is 14.5. The lowest BCUT2D eigenvalue weighted by Gasteiger charge is -2.33. The number of unbranched alkanes of at least 4 members (excludes halogenated alkanes) is 3. The van der Waals surface area contributed by atoms with Crippen LogP contribution in [0, 0.1) is 0 Å². The Morgan fingerprint density at radius 2 is 1.62 bits per heavy atom. The summed E-state index contributed by atoms with van der Waals surface area (Å²) in [6, 6.07) is 0. The molecule has 124 valence electrons. The minimum atomic E-state index is -0.958. The van der Waals surface area contributed by atoms with Crippen LogP contribution in [0.4, 0.5) is 0 Å². The van der Waals surface area contributed by atoms with E-state index in [-0.39, 0.29) is 6.42 Å². The van der Waals surface area contributed by atoms with Crippen molar-refractivity contribution in [3.63, 3.8) is 0 Å². The molecular formula is C16H30O4S. The zero-order chi connectivity index (χ0) is 16.1. The third-order valence-corrected chi connectivity index (χ3v) is 3.84. The molecule has 1 atom stereocenters. The number of hydrogen-bond acceptors (Lipinski definition) is 4. The first-order valence-corrected chi connectivity index (χ1v) is 8.46. The van der Waals surface area contributed by atoms with Crippen molar-refractivity contribution >= 4 is 23.2 Å². The molecule has 0 saturated carbocycles. The first-order chi connectivity index (χ1) is 10.0. The Bertz CT molecular complexity index is 307. The Balaban J connectivity index is 4.92. The van der Waals surface area contributed by atoms with E-state index in [1.54, 1.807) is 0 Å². The number of aliphatic carboxylic acids is 1. The van der Waals surface area contributed by atoms with Gasteiger partial charge < -0.3 is 14.6 Å². The summed E-state index contributed by atoms with van der Waals surface area (Å²) < 4.78 is 11.5. The first kappa shape index (κ1) is 20.3. The van der Waals surface area contributed by atoms with Gasteiger partial charge in [-0.05, 0) is 31.5 Å². The molecule has 1 N–H and O–H groups in total. The second kappa shape index (κ2) is 11.9. The van der Waals surface area contributed by atoms with E-state index in [0.29, 0.717) is 24.7 Å². The van der Waals surface area contributed by atoms with Crippen LogP contribution >= 0.6 is 12.2 Å². The molecule has 0 aromatic rings. The van der Waals surface area contributed by atoms with Crippen molar-refractivity contribution in [2.45, 2.75) is 77.7 Å². The van der Waals surface area contributed by atoms with E-state index in [4.69, 9.17) is 21.7 Å². The molecule has 0 saturated heterocycles. The van der Waals surface area contributed by atoms with Crippen molar-refractivity contribution in [3.05, 3.63) is 0 Å². The molecule has 0 fully saturated rings. The fraction of sp³-hybridized carbons (Fsp3) is 0.875. The molecule has 0 amide bonds. The van der Waals surface area contributed by atoms with Crippen LogP contribution in [0.3, 0.4) is 0 Å². The van der Waals surface area contributed by atoms with Gasteiger partial charge in [0.1, 0.15) is 5.60 Å². The second-order valence-corrected chi connectivity index (χ2v) is 5.73. The van der Waals surface area contributed by atoms with Gasteiger partial charge in [-0.1, -0.05) is 46.5 Å². The number of rotatable bonds is 13. The summed E-state index contributed by atoms with van der Waals surface area (Å²) >= 11 is 5.37. The average molecular weight is 318 g/mol. The summed E-state index contributed by atoms with van der Waals surface area (Å²) in [4.78, 5) is 11.2. The quantitative estimate of drug-likeness (QED) is 0.404. The molecule has 0 heterocycles.